The van der Waals surface area contributed by atoms with Gasteiger partial charge in [-0.05, 0) is 29.8 Å². The molecule has 2 N–H and O–H groups in total. The maximum atomic E-state index is 12.7. The van der Waals surface area contributed by atoms with Crippen LogP contribution in [-0.2, 0) is 0 Å². The SMILES string of the molecule is C=CCNC(=O)c1c(/C=C/c2ccccc2)[nH]c2ccc(OC)cc12. The van der Waals surface area contributed by atoms with E-state index in [9.17, 15) is 4.79 Å². The van der Waals surface area contributed by atoms with Crippen molar-refractivity contribution in [3.05, 3.63) is 78.0 Å². The highest BCUT2D eigenvalue weighted by molar-refractivity contribution is 6.10. The maximum absolute atomic E-state index is 12.7. The molecule has 0 aliphatic carbocycles. The number of aromatic nitrogens is 1. The van der Waals surface area contributed by atoms with Gasteiger partial charge in [0, 0.05) is 17.4 Å². The molecule has 0 aliphatic rings. The van der Waals surface area contributed by atoms with Gasteiger partial charge in [0.15, 0.2) is 0 Å². The number of carbonyl (C=O) groups excluding carboxylic acids is 1. The first-order valence-corrected chi connectivity index (χ1v) is 8.05. The molecule has 25 heavy (non-hydrogen) atoms. The van der Waals surface area contributed by atoms with Crippen molar-refractivity contribution >= 4 is 29.0 Å². The fraction of sp³-hybridized carbons (Fsp3) is 0.0952. The van der Waals surface area contributed by atoms with E-state index >= 15 is 0 Å². The molecule has 1 amide bonds. The number of ether oxygens (including phenoxy) is 1. The predicted octanol–water partition coefficient (Wildman–Crippen LogP) is 4.26. The first kappa shape index (κ1) is 16.6. The van der Waals surface area contributed by atoms with Crippen LogP contribution in [0.25, 0.3) is 23.1 Å². The Hall–Kier alpha value is -3.27. The Labute approximate surface area is 146 Å². The number of benzene rings is 2. The Kier molecular flexibility index (Phi) is 5.00. The standard InChI is InChI=1S/C21H20N2O2/c1-3-13-22-21(24)20-17-14-16(25-2)10-12-18(17)23-19(20)11-9-15-7-5-4-6-8-15/h3-12,14,23H,1,13H2,2H3,(H,22,24)/b11-9+. The number of nitrogens with one attached hydrogen (secondary N) is 2. The predicted molar refractivity (Wildman–Crippen MR) is 103 cm³/mol. The smallest absolute Gasteiger partial charge is 0.254 e. The van der Waals surface area contributed by atoms with Crippen molar-refractivity contribution in [3.63, 3.8) is 0 Å². The fourth-order valence-electron chi connectivity index (χ4n) is 2.69. The first-order valence-electron chi connectivity index (χ1n) is 8.05. The zero-order chi connectivity index (χ0) is 17.6. The minimum atomic E-state index is -0.146. The Bertz CT molecular complexity index is 924. The van der Waals surface area contributed by atoms with Crippen LogP contribution in [0.3, 0.4) is 0 Å². The molecule has 0 unspecified atom stereocenters. The number of hydrogen-bond donors (Lipinski definition) is 2. The Morgan fingerprint density at radius 1 is 1.20 bits per heavy atom. The van der Waals surface area contributed by atoms with Crippen LogP contribution in [0.4, 0.5) is 0 Å². The minimum absolute atomic E-state index is 0.146. The summed E-state index contributed by atoms with van der Waals surface area (Å²) in [5.74, 6) is 0.565. The molecule has 0 saturated heterocycles. The van der Waals surface area contributed by atoms with Gasteiger partial charge in [-0.1, -0.05) is 42.5 Å². The van der Waals surface area contributed by atoms with Gasteiger partial charge >= 0.3 is 0 Å². The lowest BCUT2D eigenvalue weighted by atomic mass is 10.1. The van der Waals surface area contributed by atoms with E-state index in [0.29, 0.717) is 17.9 Å². The summed E-state index contributed by atoms with van der Waals surface area (Å²) in [5, 5.41) is 3.68. The van der Waals surface area contributed by atoms with Gasteiger partial charge in [0.1, 0.15) is 5.75 Å². The average molecular weight is 332 g/mol. The largest absolute Gasteiger partial charge is 0.497 e. The summed E-state index contributed by atoms with van der Waals surface area (Å²) in [7, 11) is 1.61. The molecule has 0 atom stereocenters. The first-order chi connectivity index (χ1) is 12.2. The Morgan fingerprint density at radius 2 is 2.00 bits per heavy atom. The van der Waals surface area contributed by atoms with E-state index in [-0.39, 0.29) is 5.91 Å². The summed E-state index contributed by atoms with van der Waals surface area (Å²) in [6, 6.07) is 15.6. The van der Waals surface area contributed by atoms with Crippen molar-refractivity contribution in [3.8, 4) is 5.75 Å². The van der Waals surface area contributed by atoms with Crippen LogP contribution in [0, 0.1) is 0 Å². The van der Waals surface area contributed by atoms with Gasteiger partial charge in [0.2, 0.25) is 0 Å². The van der Waals surface area contributed by atoms with Crippen LogP contribution < -0.4 is 10.1 Å². The third kappa shape index (κ3) is 3.63. The number of methoxy groups -OCH3 is 1. The molecule has 3 rings (SSSR count). The summed E-state index contributed by atoms with van der Waals surface area (Å²) < 4.78 is 5.30. The summed E-state index contributed by atoms with van der Waals surface area (Å²) >= 11 is 0. The highest BCUT2D eigenvalue weighted by Gasteiger charge is 2.17. The second kappa shape index (κ2) is 7.53. The molecule has 0 radical (unpaired) electrons. The summed E-state index contributed by atoms with van der Waals surface area (Å²) in [4.78, 5) is 16.0. The van der Waals surface area contributed by atoms with E-state index in [1.807, 2.05) is 60.7 Å². The quantitative estimate of drug-likeness (QED) is 0.663. The molecule has 2 aromatic carbocycles. The van der Waals surface area contributed by atoms with Crippen molar-refractivity contribution in [2.45, 2.75) is 0 Å². The topological polar surface area (TPSA) is 54.1 Å². The van der Waals surface area contributed by atoms with Crippen molar-refractivity contribution in [2.75, 3.05) is 13.7 Å². The molecule has 4 nitrogen and oxygen atoms in total. The zero-order valence-electron chi connectivity index (χ0n) is 14.1. The summed E-state index contributed by atoms with van der Waals surface area (Å²) in [6.07, 6.45) is 5.56. The van der Waals surface area contributed by atoms with E-state index in [0.717, 1.165) is 22.2 Å². The van der Waals surface area contributed by atoms with E-state index in [4.69, 9.17) is 4.74 Å². The third-order valence-electron chi connectivity index (χ3n) is 3.91. The Balaban J connectivity index is 2.08. The second-order valence-corrected chi connectivity index (χ2v) is 5.57. The molecule has 0 fully saturated rings. The molecule has 1 heterocycles. The number of H-pyrrole nitrogens is 1. The van der Waals surface area contributed by atoms with Gasteiger partial charge < -0.3 is 15.0 Å². The molecule has 0 bridgehead atoms. The molecule has 1 aromatic heterocycles. The lowest BCUT2D eigenvalue weighted by Gasteiger charge is -2.04. The molecular formula is C21H20N2O2. The molecule has 0 saturated carbocycles. The lowest BCUT2D eigenvalue weighted by molar-refractivity contribution is 0.0959. The summed E-state index contributed by atoms with van der Waals surface area (Å²) in [6.45, 7) is 4.06. The van der Waals surface area contributed by atoms with E-state index in [1.165, 1.54) is 0 Å². The lowest BCUT2D eigenvalue weighted by Crippen LogP contribution is -2.23. The van der Waals surface area contributed by atoms with Gasteiger partial charge in [-0.15, -0.1) is 6.58 Å². The highest BCUT2D eigenvalue weighted by Crippen LogP contribution is 2.28. The van der Waals surface area contributed by atoms with Gasteiger partial charge in [-0.25, -0.2) is 0 Å². The van der Waals surface area contributed by atoms with Crippen LogP contribution in [0.5, 0.6) is 5.75 Å². The van der Waals surface area contributed by atoms with Gasteiger partial charge in [-0.2, -0.15) is 0 Å². The molecule has 4 heteroatoms. The highest BCUT2D eigenvalue weighted by atomic mass is 16.5. The van der Waals surface area contributed by atoms with Gasteiger partial charge in [-0.3, -0.25) is 4.79 Å². The number of amides is 1. The molecule has 0 aliphatic heterocycles. The van der Waals surface area contributed by atoms with Crippen molar-refractivity contribution in [1.29, 1.82) is 0 Å². The number of aromatic amines is 1. The molecule has 3 aromatic rings. The van der Waals surface area contributed by atoms with Crippen LogP contribution in [-0.4, -0.2) is 24.5 Å². The van der Waals surface area contributed by atoms with Crippen molar-refractivity contribution < 1.29 is 9.53 Å². The van der Waals surface area contributed by atoms with E-state index < -0.39 is 0 Å². The van der Waals surface area contributed by atoms with Crippen LogP contribution in [0.1, 0.15) is 21.6 Å². The molecular weight excluding hydrogens is 312 g/mol. The maximum Gasteiger partial charge on any atom is 0.254 e. The number of carbonyl (C=O) groups is 1. The molecule has 126 valence electrons. The Morgan fingerprint density at radius 3 is 2.72 bits per heavy atom. The van der Waals surface area contributed by atoms with Gasteiger partial charge in [0.25, 0.3) is 5.91 Å². The van der Waals surface area contributed by atoms with E-state index in [1.54, 1.807) is 13.2 Å². The number of hydrogen-bond acceptors (Lipinski definition) is 2. The minimum Gasteiger partial charge on any atom is -0.497 e. The van der Waals surface area contributed by atoms with Crippen LogP contribution in [0.2, 0.25) is 0 Å². The third-order valence-corrected chi connectivity index (χ3v) is 3.91. The number of rotatable bonds is 6. The molecule has 0 spiro atoms. The summed E-state index contributed by atoms with van der Waals surface area (Å²) in [5.41, 5.74) is 3.31. The van der Waals surface area contributed by atoms with Crippen LogP contribution in [0.15, 0.2) is 61.2 Å². The van der Waals surface area contributed by atoms with Crippen molar-refractivity contribution in [2.24, 2.45) is 0 Å². The second-order valence-electron chi connectivity index (χ2n) is 5.57. The van der Waals surface area contributed by atoms with Gasteiger partial charge in [0.05, 0.1) is 18.4 Å². The average Bonchev–Trinajstić information content (AvgIpc) is 3.02. The zero-order valence-corrected chi connectivity index (χ0v) is 14.1. The number of fused-ring (bicyclic) bond motifs is 1. The monoisotopic (exact) mass is 332 g/mol. The normalized spacial score (nSPS) is 10.9. The van der Waals surface area contributed by atoms with E-state index in [2.05, 4.69) is 16.9 Å². The fourth-order valence-corrected chi connectivity index (χ4v) is 2.69. The van der Waals surface area contributed by atoms with Crippen molar-refractivity contribution in [1.82, 2.24) is 10.3 Å². The van der Waals surface area contributed by atoms with Crippen LogP contribution >= 0.6 is 0 Å².